The second kappa shape index (κ2) is 3.42. The van der Waals surface area contributed by atoms with E-state index in [2.05, 4.69) is 20.9 Å². The molecule has 1 aromatic carbocycles. The molecule has 0 amide bonds. The summed E-state index contributed by atoms with van der Waals surface area (Å²) in [6.07, 6.45) is 0.704. The molecule has 0 atom stereocenters. The topological polar surface area (TPSA) is 54.9 Å². The van der Waals surface area contributed by atoms with Crippen LogP contribution in [0, 0.1) is 0 Å². The van der Waals surface area contributed by atoms with E-state index in [1.165, 1.54) is 4.57 Å². The van der Waals surface area contributed by atoms with Gasteiger partial charge in [-0.2, -0.15) is 0 Å². The number of rotatable bonds is 2. The normalized spacial score (nSPS) is 10.6. The number of aldehydes is 1. The molecular weight excluding hydrogens is 248 g/mol. The molecule has 1 N–H and O–H groups in total. The van der Waals surface area contributed by atoms with Crippen molar-refractivity contribution in [3.05, 3.63) is 33.2 Å². The number of carbonyl (C=O) groups excluding carboxylic acids is 1. The van der Waals surface area contributed by atoms with Crippen LogP contribution in [0.15, 0.2) is 27.5 Å². The zero-order valence-corrected chi connectivity index (χ0v) is 8.74. The number of H-pyrrole nitrogens is 1. The number of hydrogen-bond acceptors (Lipinski definition) is 2. The minimum Gasteiger partial charge on any atom is -0.305 e. The van der Waals surface area contributed by atoms with Gasteiger partial charge < -0.3 is 9.78 Å². The zero-order valence-electron chi connectivity index (χ0n) is 7.16. The van der Waals surface area contributed by atoms with Crippen molar-refractivity contribution in [1.82, 2.24) is 9.55 Å². The molecule has 0 aliphatic rings. The smallest absolute Gasteiger partial charge is 0.305 e. The van der Waals surface area contributed by atoms with Gasteiger partial charge in [0, 0.05) is 4.47 Å². The van der Waals surface area contributed by atoms with Crippen LogP contribution in [0.5, 0.6) is 0 Å². The average molecular weight is 255 g/mol. The second-order valence-corrected chi connectivity index (χ2v) is 3.70. The Morgan fingerprint density at radius 1 is 1.50 bits per heavy atom. The summed E-state index contributed by atoms with van der Waals surface area (Å²) in [6, 6.07) is 5.45. The molecule has 0 unspecified atom stereocenters. The maximum absolute atomic E-state index is 11.4. The van der Waals surface area contributed by atoms with Crippen molar-refractivity contribution in [2.75, 3.05) is 0 Å². The molecule has 1 heterocycles. The number of halogens is 1. The standard InChI is InChI=1S/C9H7BrN2O2/c10-6-2-1-3-7-8(6)11-9(14)12(7)4-5-13/h1-3,5H,4H2,(H,11,14). The molecule has 5 heteroatoms. The van der Waals surface area contributed by atoms with Crippen molar-refractivity contribution in [1.29, 1.82) is 0 Å². The van der Waals surface area contributed by atoms with Crippen molar-refractivity contribution >= 4 is 33.2 Å². The van der Waals surface area contributed by atoms with Gasteiger partial charge in [0.1, 0.15) is 6.29 Å². The minimum absolute atomic E-state index is 0.0787. The quantitative estimate of drug-likeness (QED) is 0.822. The van der Waals surface area contributed by atoms with Gasteiger partial charge >= 0.3 is 5.69 Å². The van der Waals surface area contributed by atoms with Crippen LogP contribution < -0.4 is 5.69 Å². The van der Waals surface area contributed by atoms with Crippen molar-refractivity contribution in [2.24, 2.45) is 0 Å². The first-order valence-corrected chi connectivity index (χ1v) is 4.84. The molecule has 0 bridgehead atoms. The highest BCUT2D eigenvalue weighted by Gasteiger charge is 2.07. The van der Waals surface area contributed by atoms with Crippen LogP contribution in [-0.4, -0.2) is 15.8 Å². The Bertz CT molecular complexity index is 541. The van der Waals surface area contributed by atoms with E-state index >= 15 is 0 Å². The van der Waals surface area contributed by atoms with Gasteiger partial charge in [-0.05, 0) is 28.1 Å². The lowest BCUT2D eigenvalue weighted by Gasteiger charge is -1.96. The molecule has 4 nitrogen and oxygen atoms in total. The van der Waals surface area contributed by atoms with Gasteiger partial charge in [-0.3, -0.25) is 4.57 Å². The predicted octanol–water partition coefficient (Wildman–Crippen LogP) is 1.29. The van der Waals surface area contributed by atoms with Crippen molar-refractivity contribution in [3.63, 3.8) is 0 Å². The van der Waals surface area contributed by atoms with E-state index < -0.39 is 0 Å². The number of nitrogens with one attached hydrogen (secondary N) is 1. The van der Waals surface area contributed by atoms with Gasteiger partial charge in [-0.15, -0.1) is 0 Å². The fraction of sp³-hybridized carbons (Fsp3) is 0.111. The lowest BCUT2D eigenvalue weighted by atomic mass is 10.3. The van der Waals surface area contributed by atoms with Crippen LogP contribution in [-0.2, 0) is 11.3 Å². The van der Waals surface area contributed by atoms with Crippen molar-refractivity contribution < 1.29 is 4.79 Å². The second-order valence-electron chi connectivity index (χ2n) is 2.84. The van der Waals surface area contributed by atoms with E-state index in [0.29, 0.717) is 6.29 Å². The molecule has 0 aliphatic heterocycles. The van der Waals surface area contributed by atoms with E-state index in [4.69, 9.17) is 0 Å². The van der Waals surface area contributed by atoms with E-state index in [1.807, 2.05) is 12.1 Å². The lowest BCUT2D eigenvalue weighted by molar-refractivity contribution is -0.108. The lowest BCUT2D eigenvalue weighted by Crippen LogP contribution is -2.17. The fourth-order valence-corrected chi connectivity index (χ4v) is 1.86. The molecule has 2 rings (SSSR count). The van der Waals surface area contributed by atoms with Crippen LogP contribution >= 0.6 is 15.9 Å². The summed E-state index contributed by atoms with van der Waals surface area (Å²) >= 11 is 3.32. The summed E-state index contributed by atoms with van der Waals surface area (Å²) in [4.78, 5) is 24.5. The van der Waals surface area contributed by atoms with Gasteiger partial charge in [-0.25, -0.2) is 4.79 Å². The molecule has 14 heavy (non-hydrogen) atoms. The molecule has 0 radical (unpaired) electrons. The Balaban J connectivity index is 2.83. The first kappa shape index (κ1) is 9.21. The molecule has 0 spiro atoms. The number of benzene rings is 1. The minimum atomic E-state index is -0.265. The first-order chi connectivity index (χ1) is 6.74. The van der Waals surface area contributed by atoms with Crippen molar-refractivity contribution in [3.8, 4) is 0 Å². The summed E-state index contributed by atoms with van der Waals surface area (Å²) in [5, 5.41) is 0. The fourth-order valence-electron chi connectivity index (χ4n) is 1.40. The largest absolute Gasteiger partial charge is 0.326 e. The zero-order chi connectivity index (χ0) is 10.1. The summed E-state index contributed by atoms with van der Waals surface area (Å²) < 4.78 is 2.21. The number of aromatic amines is 1. The summed E-state index contributed by atoms with van der Waals surface area (Å²) in [7, 11) is 0. The molecule has 2 aromatic rings. The number of hydrogen-bond donors (Lipinski definition) is 1. The monoisotopic (exact) mass is 254 g/mol. The number of aromatic nitrogens is 2. The molecule has 0 saturated heterocycles. The van der Waals surface area contributed by atoms with Crippen LogP contribution in [0.2, 0.25) is 0 Å². The van der Waals surface area contributed by atoms with Crippen molar-refractivity contribution in [2.45, 2.75) is 6.54 Å². The number of imidazole rings is 1. The third kappa shape index (κ3) is 1.29. The van der Waals surface area contributed by atoms with E-state index in [9.17, 15) is 9.59 Å². The Hall–Kier alpha value is -1.36. The van der Waals surface area contributed by atoms with E-state index in [-0.39, 0.29) is 12.2 Å². The summed E-state index contributed by atoms with van der Waals surface area (Å²) in [5.41, 5.74) is 1.19. The third-order valence-electron chi connectivity index (χ3n) is 2.02. The van der Waals surface area contributed by atoms with Crippen LogP contribution in [0.3, 0.4) is 0 Å². The summed E-state index contributed by atoms with van der Waals surface area (Å²) in [6.45, 7) is 0.0787. The van der Waals surface area contributed by atoms with Gasteiger partial charge in [0.2, 0.25) is 0 Å². The van der Waals surface area contributed by atoms with Crippen LogP contribution in [0.1, 0.15) is 0 Å². The number of fused-ring (bicyclic) bond motifs is 1. The highest BCUT2D eigenvalue weighted by Crippen LogP contribution is 2.20. The SMILES string of the molecule is O=CCn1c(=O)[nH]c2c(Br)cccc21. The van der Waals surface area contributed by atoms with Gasteiger partial charge in [-0.1, -0.05) is 6.07 Å². The van der Waals surface area contributed by atoms with Gasteiger partial charge in [0.15, 0.2) is 0 Å². The molecule has 0 fully saturated rings. The highest BCUT2D eigenvalue weighted by molar-refractivity contribution is 9.10. The maximum atomic E-state index is 11.4. The molecule has 1 aromatic heterocycles. The van der Waals surface area contributed by atoms with Gasteiger partial charge in [0.25, 0.3) is 0 Å². The number of carbonyl (C=O) groups is 1. The first-order valence-electron chi connectivity index (χ1n) is 4.04. The average Bonchev–Trinajstić information content (AvgIpc) is 2.47. The maximum Gasteiger partial charge on any atom is 0.326 e. The third-order valence-corrected chi connectivity index (χ3v) is 2.68. The molecular formula is C9H7BrN2O2. The van der Waals surface area contributed by atoms with Gasteiger partial charge in [0.05, 0.1) is 17.6 Å². The summed E-state index contributed by atoms with van der Waals surface area (Å²) in [5.74, 6) is 0. The molecule has 72 valence electrons. The molecule has 0 aliphatic carbocycles. The molecule has 0 saturated carbocycles. The van der Waals surface area contributed by atoms with Crippen LogP contribution in [0.4, 0.5) is 0 Å². The Labute approximate surface area is 87.7 Å². The highest BCUT2D eigenvalue weighted by atomic mass is 79.9. The van der Waals surface area contributed by atoms with Crippen LogP contribution in [0.25, 0.3) is 11.0 Å². The number of nitrogens with zero attached hydrogens (tertiary/aromatic N) is 1. The number of para-hydroxylation sites is 1. The Morgan fingerprint density at radius 2 is 2.29 bits per heavy atom. The Kier molecular flexibility index (Phi) is 2.25. The Morgan fingerprint density at radius 3 is 3.00 bits per heavy atom. The predicted molar refractivity (Wildman–Crippen MR) is 56.3 cm³/mol. The van der Waals surface area contributed by atoms with E-state index in [0.717, 1.165) is 15.5 Å². The van der Waals surface area contributed by atoms with E-state index in [1.54, 1.807) is 6.07 Å².